The van der Waals surface area contributed by atoms with Gasteiger partial charge in [-0.3, -0.25) is 14.7 Å². The van der Waals surface area contributed by atoms with Crippen LogP contribution in [0.3, 0.4) is 0 Å². The average molecular weight is 343 g/mol. The number of aromatic nitrogens is 4. The first-order valence-electron chi connectivity index (χ1n) is 8.42. The molecule has 2 atom stereocenters. The summed E-state index contributed by atoms with van der Waals surface area (Å²) in [5, 5.41) is 9.92. The molecule has 0 radical (unpaired) electrons. The van der Waals surface area contributed by atoms with Crippen molar-refractivity contribution in [2.75, 3.05) is 31.1 Å². The summed E-state index contributed by atoms with van der Waals surface area (Å²) in [5.74, 6) is 0.511. The zero-order chi connectivity index (χ0) is 17.4. The Morgan fingerprint density at radius 2 is 2.28 bits per heavy atom. The van der Waals surface area contributed by atoms with Crippen molar-refractivity contribution >= 4 is 17.5 Å². The number of hydrogen-bond acceptors (Lipinski definition) is 5. The lowest BCUT2D eigenvalue weighted by molar-refractivity contribution is -0.139. The number of carbonyl (C=O) groups is 2. The quantitative estimate of drug-likeness (QED) is 0.795. The fourth-order valence-electron chi connectivity index (χ4n) is 3.65. The summed E-state index contributed by atoms with van der Waals surface area (Å²) in [6.45, 7) is 2.43. The van der Waals surface area contributed by atoms with Crippen molar-refractivity contribution in [2.24, 2.45) is 13.0 Å². The number of aryl methyl sites for hydroxylation is 1. The van der Waals surface area contributed by atoms with Gasteiger partial charge in [0.2, 0.25) is 11.8 Å². The second kappa shape index (κ2) is 6.32. The van der Waals surface area contributed by atoms with E-state index in [0.29, 0.717) is 25.3 Å². The smallest absolute Gasteiger partial charge is 0.228 e. The summed E-state index contributed by atoms with van der Waals surface area (Å²) in [4.78, 5) is 33.4. The topological polar surface area (TPSA) is 99.2 Å². The van der Waals surface area contributed by atoms with Crippen LogP contribution in [0.1, 0.15) is 18.3 Å². The number of nitrogens with zero attached hydrogens (tertiary/aromatic N) is 5. The summed E-state index contributed by atoms with van der Waals surface area (Å²) in [7, 11) is 1.93. The van der Waals surface area contributed by atoms with Gasteiger partial charge < -0.3 is 19.7 Å². The maximum absolute atomic E-state index is 13.1. The van der Waals surface area contributed by atoms with Gasteiger partial charge in [-0.2, -0.15) is 5.10 Å². The Bertz CT molecular complexity index is 769. The van der Waals surface area contributed by atoms with E-state index in [4.69, 9.17) is 0 Å². The standard InChI is InChI=1S/C16H21N7O2/c1-21-4-3-18-15(21)13-9-17-2-5-22(13)16(25)11-6-14(24)23(10-11)12-7-19-20-8-12/h3-4,7-8,11,13,17H,2,5-6,9-10H2,1H3,(H,19,20). The van der Waals surface area contributed by atoms with Gasteiger partial charge in [0, 0.05) is 58.2 Å². The monoisotopic (exact) mass is 343 g/mol. The molecule has 9 nitrogen and oxygen atoms in total. The number of imidazole rings is 1. The highest BCUT2D eigenvalue weighted by molar-refractivity contribution is 6.00. The van der Waals surface area contributed by atoms with Crippen LogP contribution in [0.4, 0.5) is 5.69 Å². The predicted molar refractivity (Wildman–Crippen MR) is 89.6 cm³/mol. The largest absolute Gasteiger partial charge is 0.336 e. The van der Waals surface area contributed by atoms with Crippen molar-refractivity contribution in [3.63, 3.8) is 0 Å². The van der Waals surface area contributed by atoms with Crippen molar-refractivity contribution in [1.29, 1.82) is 0 Å². The molecule has 2 aliphatic heterocycles. The first kappa shape index (κ1) is 15.8. The maximum atomic E-state index is 13.1. The molecule has 0 bridgehead atoms. The van der Waals surface area contributed by atoms with Gasteiger partial charge in [-0.1, -0.05) is 0 Å². The third kappa shape index (κ3) is 2.80. The van der Waals surface area contributed by atoms with Crippen LogP contribution in [0.2, 0.25) is 0 Å². The fourth-order valence-corrected chi connectivity index (χ4v) is 3.65. The number of H-pyrrole nitrogens is 1. The van der Waals surface area contributed by atoms with Gasteiger partial charge >= 0.3 is 0 Å². The van der Waals surface area contributed by atoms with Crippen molar-refractivity contribution in [2.45, 2.75) is 12.5 Å². The molecule has 0 aliphatic carbocycles. The first-order valence-corrected chi connectivity index (χ1v) is 8.42. The van der Waals surface area contributed by atoms with Crippen LogP contribution in [0.25, 0.3) is 0 Å². The number of anilines is 1. The van der Waals surface area contributed by atoms with E-state index in [2.05, 4.69) is 20.5 Å². The number of hydrogen-bond donors (Lipinski definition) is 2. The van der Waals surface area contributed by atoms with Crippen LogP contribution < -0.4 is 10.2 Å². The third-order valence-electron chi connectivity index (χ3n) is 4.95. The van der Waals surface area contributed by atoms with Gasteiger partial charge in [-0.05, 0) is 0 Å². The van der Waals surface area contributed by atoms with Crippen molar-refractivity contribution in [3.05, 3.63) is 30.6 Å². The van der Waals surface area contributed by atoms with Crippen molar-refractivity contribution in [3.8, 4) is 0 Å². The molecule has 2 aromatic heterocycles. The molecule has 2 amide bonds. The second-order valence-electron chi connectivity index (χ2n) is 6.51. The second-order valence-corrected chi connectivity index (χ2v) is 6.51. The summed E-state index contributed by atoms with van der Waals surface area (Å²) >= 11 is 0. The molecule has 4 rings (SSSR count). The van der Waals surface area contributed by atoms with Crippen molar-refractivity contribution in [1.82, 2.24) is 30.0 Å². The summed E-state index contributed by atoms with van der Waals surface area (Å²) in [6, 6.07) is -0.112. The van der Waals surface area contributed by atoms with Gasteiger partial charge in [0.15, 0.2) is 0 Å². The molecule has 4 heterocycles. The minimum absolute atomic E-state index is 0.0221. The highest BCUT2D eigenvalue weighted by atomic mass is 16.2. The molecule has 2 saturated heterocycles. The van der Waals surface area contributed by atoms with Crippen LogP contribution >= 0.6 is 0 Å². The number of piperazine rings is 1. The van der Waals surface area contributed by atoms with E-state index in [1.54, 1.807) is 23.5 Å². The van der Waals surface area contributed by atoms with Gasteiger partial charge in [0.05, 0.1) is 17.8 Å². The van der Waals surface area contributed by atoms with Crippen molar-refractivity contribution < 1.29 is 9.59 Å². The maximum Gasteiger partial charge on any atom is 0.228 e. The van der Waals surface area contributed by atoms with E-state index in [1.807, 2.05) is 22.7 Å². The molecule has 9 heteroatoms. The minimum Gasteiger partial charge on any atom is -0.336 e. The molecule has 2 fully saturated rings. The Kier molecular flexibility index (Phi) is 4.00. The summed E-state index contributed by atoms with van der Waals surface area (Å²) in [6.07, 6.45) is 7.14. The van der Waals surface area contributed by atoms with Gasteiger partial charge in [-0.15, -0.1) is 0 Å². The number of aromatic amines is 1. The SMILES string of the molecule is Cn1ccnc1C1CNCCN1C(=O)C1CC(=O)N(c2cn[nH]c2)C1. The molecule has 25 heavy (non-hydrogen) atoms. The zero-order valence-electron chi connectivity index (χ0n) is 14.1. The third-order valence-corrected chi connectivity index (χ3v) is 4.95. The Balaban J connectivity index is 1.53. The molecule has 2 aliphatic rings. The van der Waals surface area contributed by atoms with Gasteiger partial charge in [-0.25, -0.2) is 4.98 Å². The van der Waals surface area contributed by atoms with Crippen LogP contribution in [-0.4, -0.2) is 62.6 Å². The first-order chi connectivity index (χ1) is 12.1. The lowest BCUT2D eigenvalue weighted by atomic mass is 10.0. The minimum atomic E-state index is -0.330. The Hall–Kier alpha value is -2.68. The molecule has 2 N–H and O–H groups in total. The highest BCUT2D eigenvalue weighted by Crippen LogP contribution is 2.29. The molecular formula is C16H21N7O2. The molecule has 2 unspecified atom stereocenters. The van der Waals surface area contributed by atoms with Crippen LogP contribution in [-0.2, 0) is 16.6 Å². The Morgan fingerprint density at radius 1 is 1.40 bits per heavy atom. The van der Waals surface area contributed by atoms with E-state index in [0.717, 1.165) is 12.4 Å². The van der Waals surface area contributed by atoms with Crippen LogP contribution in [0.15, 0.2) is 24.8 Å². The summed E-state index contributed by atoms with van der Waals surface area (Å²) in [5.41, 5.74) is 0.710. The van der Waals surface area contributed by atoms with E-state index in [1.165, 1.54) is 0 Å². The molecule has 0 spiro atoms. The fraction of sp³-hybridized carbons (Fsp3) is 0.500. The lowest BCUT2D eigenvalue weighted by Crippen LogP contribution is -2.51. The number of nitrogens with one attached hydrogen (secondary N) is 2. The average Bonchev–Trinajstić information content (AvgIpc) is 3.35. The van der Waals surface area contributed by atoms with E-state index >= 15 is 0 Å². The van der Waals surface area contributed by atoms with E-state index in [-0.39, 0.29) is 30.2 Å². The molecule has 132 valence electrons. The van der Waals surface area contributed by atoms with E-state index < -0.39 is 0 Å². The van der Waals surface area contributed by atoms with Gasteiger partial charge in [0.1, 0.15) is 11.9 Å². The molecule has 0 aromatic carbocycles. The number of amides is 2. The lowest BCUT2D eigenvalue weighted by Gasteiger charge is -2.37. The van der Waals surface area contributed by atoms with E-state index in [9.17, 15) is 9.59 Å². The Morgan fingerprint density at radius 3 is 3.00 bits per heavy atom. The normalized spacial score (nSPS) is 24.1. The zero-order valence-corrected chi connectivity index (χ0v) is 14.1. The summed E-state index contributed by atoms with van der Waals surface area (Å²) < 4.78 is 1.94. The number of carbonyl (C=O) groups excluding carboxylic acids is 2. The van der Waals surface area contributed by atoms with Gasteiger partial charge in [0.25, 0.3) is 0 Å². The predicted octanol–water partition coefficient (Wildman–Crippen LogP) is -0.331. The highest BCUT2D eigenvalue weighted by Gasteiger charge is 2.40. The Labute approximate surface area is 145 Å². The van der Waals surface area contributed by atoms with Crippen LogP contribution in [0, 0.1) is 5.92 Å². The van der Waals surface area contributed by atoms with Crippen LogP contribution in [0.5, 0.6) is 0 Å². The number of rotatable bonds is 3. The molecule has 0 saturated carbocycles. The molecule has 2 aromatic rings. The molecular weight excluding hydrogens is 322 g/mol.